The zero-order valence-corrected chi connectivity index (χ0v) is 6.18. The van der Waals surface area contributed by atoms with Crippen LogP contribution < -0.4 is 0 Å². The molecule has 0 aromatic heterocycles. The smallest absolute Gasteiger partial charge is 0.0540 e. The van der Waals surface area contributed by atoms with Gasteiger partial charge in [-0.2, -0.15) is 0 Å². The molecule has 0 rings (SSSR count). The quantitative estimate of drug-likeness (QED) is 0.581. The molecule has 1 heteroatoms. The summed E-state index contributed by atoms with van der Waals surface area (Å²) >= 11 is 0. The van der Waals surface area contributed by atoms with Crippen molar-refractivity contribution in [3.05, 3.63) is 0 Å². The zero-order chi connectivity index (χ0) is 6.73. The molecular weight excluding hydrogens is 100 g/mol. The van der Waals surface area contributed by atoms with E-state index in [1.807, 2.05) is 6.92 Å². The van der Waals surface area contributed by atoms with Crippen LogP contribution in [0, 0.1) is 11.8 Å². The molecule has 0 heterocycles. The van der Waals surface area contributed by atoms with Gasteiger partial charge in [-0.25, -0.2) is 0 Å². The molecule has 1 N–H and O–H groups in total. The van der Waals surface area contributed by atoms with E-state index in [0.29, 0.717) is 11.8 Å². The van der Waals surface area contributed by atoms with Crippen molar-refractivity contribution in [1.82, 2.24) is 0 Å². The Bertz CT molecular complexity index is 49.4. The lowest BCUT2D eigenvalue weighted by Gasteiger charge is -2.17. The fourth-order valence-corrected chi connectivity index (χ4v) is 0.557. The Labute approximate surface area is 51.7 Å². The van der Waals surface area contributed by atoms with E-state index in [1.54, 1.807) is 0 Å². The number of aliphatic hydroxyl groups is 1. The minimum absolute atomic E-state index is 0.157. The molecule has 0 spiro atoms. The molecule has 50 valence electrons. The highest BCUT2D eigenvalue weighted by Gasteiger charge is 2.11. The summed E-state index contributed by atoms with van der Waals surface area (Å²) in [6, 6.07) is 0. The van der Waals surface area contributed by atoms with Gasteiger partial charge in [-0.1, -0.05) is 20.8 Å². The van der Waals surface area contributed by atoms with E-state index in [2.05, 4.69) is 20.8 Å². The van der Waals surface area contributed by atoms with Crippen LogP contribution in [0.4, 0.5) is 0 Å². The summed E-state index contributed by atoms with van der Waals surface area (Å²) in [6.07, 6.45) is -0.157. The molecule has 8 heavy (non-hydrogen) atoms. The Morgan fingerprint density at radius 1 is 1.00 bits per heavy atom. The minimum atomic E-state index is -0.157. The summed E-state index contributed by atoms with van der Waals surface area (Å²) < 4.78 is 0. The highest BCUT2D eigenvalue weighted by atomic mass is 16.3. The molecule has 0 saturated heterocycles. The summed E-state index contributed by atoms with van der Waals surface area (Å²) in [5.41, 5.74) is 0. The second-order valence-electron chi connectivity index (χ2n) is 2.84. The molecule has 0 fully saturated rings. The van der Waals surface area contributed by atoms with E-state index in [4.69, 9.17) is 5.11 Å². The van der Waals surface area contributed by atoms with Gasteiger partial charge in [0.05, 0.1) is 6.10 Å². The van der Waals surface area contributed by atoms with Crippen molar-refractivity contribution in [2.45, 2.75) is 33.8 Å². The van der Waals surface area contributed by atoms with Crippen molar-refractivity contribution in [1.29, 1.82) is 0 Å². The Morgan fingerprint density at radius 3 is 1.38 bits per heavy atom. The average molecular weight is 116 g/mol. The van der Waals surface area contributed by atoms with Crippen LogP contribution in [-0.4, -0.2) is 11.2 Å². The Balaban J connectivity index is 3.46. The highest BCUT2D eigenvalue weighted by molar-refractivity contribution is 4.61. The van der Waals surface area contributed by atoms with Crippen molar-refractivity contribution >= 4 is 0 Å². The lowest BCUT2D eigenvalue weighted by atomic mass is 9.93. The lowest BCUT2D eigenvalue weighted by Crippen LogP contribution is -2.18. The molecule has 0 aromatic rings. The van der Waals surface area contributed by atoms with Crippen molar-refractivity contribution in [3.8, 4) is 0 Å². The van der Waals surface area contributed by atoms with Crippen molar-refractivity contribution < 1.29 is 5.11 Å². The van der Waals surface area contributed by atoms with Gasteiger partial charge in [0.1, 0.15) is 0 Å². The molecule has 0 aliphatic rings. The molecule has 0 unspecified atom stereocenters. The fourth-order valence-electron chi connectivity index (χ4n) is 0.557. The summed E-state index contributed by atoms with van der Waals surface area (Å²) in [5.74, 6) is 1.02. The average Bonchev–Trinajstić information content (AvgIpc) is 1.64. The lowest BCUT2D eigenvalue weighted by molar-refractivity contribution is 0.109. The molecule has 1 nitrogen and oxygen atoms in total. The van der Waals surface area contributed by atoms with Crippen LogP contribution in [0.1, 0.15) is 27.7 Å². The molecule has 0 radical (unpaired) electrons. The first-order chi connectivity index (χ1) is 3.55. The molecule has 2 atom stereocenters. The summed E-state index contributed by atoms with van der Waals surface area (Å²) in [7, 11) is 0. The number of hydrogen-bond donors (Lipinski definition) is 1. The molecule has 0 bridgehead atoms. The predicted octanol–water partition coefficient (Wildman–Crippen LogP) is 1.66. The fraction of sp³-hybridized carbons (Fsp3) is 1.00. The van der Waals surface area contributed by atoms with E-state index >= 15 is 0 Å². The van der Waals surface area contributed by atoms with Gasteiger partial charge in [0.2, 0.25) is 0 Å². The summed E-state index contributed by atoms with van der Waals surface area (Å²) in [6.45, 7) is 8.15. The van der Waals surface area contributed by atoms with Gasteiger partial charge < -0.3 is 5.11 Å². The van der Waals surface area contributed by atoms with Crippen molar-refractivity contribution in [2.24, 2.45) is 11.8 Å². The van der Waals surface area contributed by atoms with Crippen LogP contribution in [0.15, 0.2) is 0 Å². The minimum Gasteiger partial charge on any atom is -0.393 e. The maximum absolute atomic E-state index is 8.99. The number of rotatable bonds is 2. The van der Waals surface area contributed by atoms with Gasteiger partial charge in [-0.3, -0.25) is 0 Å². The summed E-state index contributed by atoms with van der Waals surface area (Å²) in [5, 5.41) is 8.99. The molecule has 0 saturated carbocycles. The topological polar surface area (TPSA) is 20.2 Å². The normalized spacial score (nSPS) is 18.8. The van der Waals surface area contributed by atoms with E-state index in [9.17, 15) is 0 Å². The van der Waals surface area contributed by atoms with Gasteiger partial charge >= 0.3 is 0 Å². The van der Waals surface area contributed by atoms with Crippen molar-refractivity contribution in [2.75, 3.05) is 0 Å². The molecule has 0 aliphatic carbocycles. The Morgan fingerprint density at radius 2 is 1.38 bits per heavy atom. The van der Waals surface area contributed by atoms with E-state index in [1.165, 1.54) is 0 Å². The van der Waals surface area contributed by atoms with Crippen LogP contribution in [0.3, 0.4) is 0 Å². The third kappa shape index (κ3) is 2.31. The third-order valence-electron chi connectivity index (χ3n) is 1.81. The van der Waals surface area contributed by atoms with Crippen LogP contribution in [-0.2, 0) is 0 Å². The molecule has 0 aromatic carbocycles. The first-order valence-corrected chi connectivity index (χ1v) is 3.23. The molecule has 0 amide bonds. The molecular formula is C7H16O. The SMILES string of the molecule is CC(C)[C@@H](C)[C@@H](C)O. The Kier molecular flexibility index (Phi) is 3.06. The second kappa shape index (κ2) is 3.08. The van der Waals surface area contributed by atoms with Crippen LogP contribution in [0.5, 0.6) is 0 Å². The molecule has 0 aliphatic heterocycles. The van der Waals surface area contributed by atoms with Gasteiger partial charge in [0, 0.05) is 0 Å². The first kappa shape index (κ1) is 7.96. The standard InChI is InChI=1S/C7H16O/c1-5(2)6(3)7(4)8/h5-8H,1-4H3/t6-,7-/m1/s1. The van der Waals surface area contributed by atoms with Gasteiger partial charge in [0.25, 0.3) is 0 Å². The third-order valence-corrected chi connectivity index (χ3v) is 1.81. The first-order valence-electron chi connectivity index (χ1n) is 3.23. The maximum Gasteiger partial charge on any atom is 0.0540 e. The van der Waals surface area contributed by atoms with Gasteiger partial charge in [-0.05, 0) is 18.8 Å². The largest absolute Gasteiger partial charge is 0.393 e. The number of aliphatic hydroxyl groups excluding tert-OH is 1. The van der Waals surface area contributed by atoms with E-state index in [-0.39, 0.29) is 6.10 Å². The van der Waals surface area contributed by atoms with Crippen LogP contribution in [0.25, 0.3) is 0 Å². The van der Waals surface area contributed by atoms with Crippen molar-refractivity contribution in [3.63, 3.8) is 0 Å². The van der Waals surface area contributed by atoms with E-state index in [0.717, 1.165) is 0 Å². The number of hydrogen-bond acceptors (Lipinski definition) is 1. The Hall–Kier alpha value is -0.0400. The predicted molar refractivity (Wildman–Crippen MR) is 35.7 cm³/mol. The second-order valence-corrected chi connectivity index (χ2v) is 2.84. The van der Waals surface area contributed by atoms with Crippen LogP contribution >= 0.6 is 0 Å². The monoisotopic (exact) mass is 116 g/mol. The van der Waals surface area contributed by atoms with Gasteiger partial charge in [-0.15, -0.1) is 0 Å². The summed E-state index contributed by atoms with van der Waals surface area (Å²) in [4.78, 5) is 0. The maximum atomic E-state index is 8.99. The van der Waals surface area contributed by atoms with Gasteiger partial charge in [0.15, 0.2) is 0 Å². The van der Waals surface area contributed by atoms with E-state index < -0.39 is 0 Å². The highest BCUT2D eigenvalue weighted by Crippen LogP contribution is 2.12. The van der Waals surface area contributed by atoms with Crippen LogP contribution in [0.2, 0.25) is 0 Å². The zero-order valence-electron chi connectivity index (χ0n) is 6.18.